The Morgan fingerprint density at radius 1 is 1.29 bits per heavy atom. The van der Waals surface area contributed by atoms with Gasteiger partial charge < -0.3 is 7.27 Å². The van der Waals surface area contributed by atoms with Crippen LogP contribution < -0.4 is 24.7 Å². The Kier molecular flexibility index (Phi) is 2.66. The minimum Gasteiger partial charge on any atom is -1.00 e. The molecule has 0 aliphatic rings. The predicted molar refractivity (Wildman–Crippen MR) is 25.7 cm³/mol. The molecule has 0 amide bonds. The van der Waals surface area contributed by atoms with Crippen LogP contribution in [0.5, 0.6) is 0 Å². The molecule has 0 radical (unpaired) electrons. The van der Waals surface area contributed by atoms with Crippen LogP contribution in [-0.2, 0) is 0 Å². The molecule has 2 nitrogen and oxygen atoms in total. The van der Waals surface area contributed by atoms with Crippen LogP contribution in [0.2, 0.25) is 0 Å². The number of hydrogen-bond donors (Lipinski definition) is 1. The van der Waals surface area contributed by atoms with Crippen molar-refractivity contribution in [2.24, 2.45) is 0 Å². The monoisotopic (exact) mass is 90.1 g/mol. The van der Waals surface area contributed by atoms with Gasteiger partial charge in [-0.25, -0.2) is 0 Å². The molecule has 1 rings (SSSR count). The molecule has 0 aromatic carbocycles. The number of nitrogens with two attached hydrogens (primary N) is 1. The Bertz CT molecular complexity index is 118. The summed E-state index contributed by atoms with van der Waals surface area (Å²) in [6, 6.07) is 3.75. The van der Waals surface area contributed by atoms with Gasteiger partial charge in [0.05, 0.1) is 0 Å². The summed E-state index contributed by atoms with van der Waals surface area (Å²) in [4.78, 5) is 0. The molecule has 3 heteroatoms. The summed E-state index contributed by atoms with van der Waals surface area (Å²) in [5.74, 6) is 5.19. The minimum atomic E-state index is 0. The van der Waals surface area contributed by atoms with Gasteiger partial charge in [-0.05, 0) is 12.1 Å². The number of aromatic nitrogens is 1. The van der Waals surface area contributed by atoms with Gasteiger partial charge in [0.25, 0.3) is 0 Å². The van der Waals surface area contributed by atoms with E-state index in [2.05, 4.69) is 0 Å². The van der Waals surface area contributed by atoms with E-state index in [9.17, 15) is 0 Å². The fourth-order valence-corrected chi connectivity index (χ4v) is 0.348. The maximum absolute atomic E-state index is 5.19. The fourth-order valence-electron chi connectivity index (χ4n) is 0.348. The van der Waals surface area contributed by atoms with Gasteiger partial charge in [0.15, 0.2) is 0 Å². The smallest absolute Gasteiger partial charge is 1.00 e. The summed E-state index contributed by atoms with van der Waals surface area (Å²) in [6.07, 6.45) is 3.56. The van der Waals surface area contributed by atoms with Crippen LogP contribution in [-0.4, -0.2) is 4.68 Å². The molecule has 0 spiro atoms. The zero-order chi connectivity index (χ0) is 4.41. The third-order valence-electron chi connectivity index (χ3n) is 0.628. The maximum Gasteiger partial charge on any atom is 1.00 e. The summed E-state index contributed by atoms with van der Waals surface area (Å²) in [5.41, 5.74) is 0. The molecule has 34 valence electrons. The second-order valence-electron chi connectivity index (χ2n) is 1.13. The number of nitrogen functional groups attached to an aromatic ring is 1. The Hall–Kier alpha value is -0.323. The Morgan fingerprint density at radius 3 is 1.86 bits per heavy atom. The zero-order valence-corrected chi connectivity index (χ0v) is 4.33. The van der Waals surface area contributed by atoms with E-state index in [1.54, 1.807) is 12.4 Å². The van der Waals surface area contributed by atoms with Gasteiger partial charge >= 0.3 is 18.9 Å². The Morgan fingerprint density at radius 2 is 1.71 bits per heavy atom. The van der Waals surface area contributed by atoms with Gasteiger partial charge in [-0.15, -0.1) is 0 Å². The summed E-state index contributed by atoms with van der Waals surface area (Å²) in [7, 11) is 0. The van der Waals surface area contributed by atoms with E-state index in [1.165, 1.54) is 4.68 Å². The standard InChI is InChI=1S/C4H6N2.Li.H/c5-6-3-1-2-4-6;;/h1-4H,5H2;;/q;+1;-1. The number of nitrogens with zero attached hydrogens (tertiary/aromatic N) is 1. The first-order valence-electron chi connectivity index (χ1n) is 1.77. The molecule has 1 heterocycles. The Balaban J connectivity index is 0. The van der Waals surface area contributed by atoms with Crippen LogP contribution in [0, 0.1) is 0 Å². The van der Waals surface area contributed by atoms with E-state index in [-0.39, 0.29) is 20.3 Å². The van der Waals surface area contributed by atoms with Gasteiger partial charge in [-0.2, -0.15) is 0 Å². The van der Waals surface area contributed by atoms with E-state index < -0.39 is 0 Å². The van der Waals surface area contributed by atoms with Gasteiger partial charge in [-0.3, -0.25) is 4.68 Å². The molecule has 0 saturated heterocycles. The minimum absolute atomic E-state index is 0. The molecule has 0 atom stereocenters. The van der Waals surface area contributed by atoms with Crippen molar-refractivity contribution in [2.45, 2.75) is 0 Å². The molecule has 0 fully saturated rings. The van der Waals surface area contributed by atoms with Crippen molar-refractivity contribution >= 4 is 0 Å². The third kappa shape index (κ3) is 1.72. The largest absolute Gasteiger partial charge is 1.00 e. The molecular weight excluding hydrogens is 83.0 g/mol. The van der Waals surface area contributed by atoms with E-state index in [4.69, 9.17) is 5.84 Å². The van der Waals surface area contributed by atoms with Crippen LogP contribution in [0.1, 0.15) is 1.43 Å². The van der Waals surface area contributed by atoms with Crippen LogP contribution >= 0.6 is 0 Å². The van der Waals surface area contributed by atoms with Crippen LogP contribution in [0.15, 0.2) is 24.5 Å². The van der Waals surface area contributed by atoms with Crippen molar-refractivity contribution in [3.05, 3.63) is 24.5 Å². The van der Waals surface area contributed by atoms with E-state index >= 15 is 0 Å². The molecule has 1 aromatic heterocycles. The molecule has 0 bridgehead atoms. The first kappa shape index (κ1) is 6.68. The number of hydrogen-bond acceptors (Lipinski definition) is 1. The van der Waals surface area contributed by atoms with Gasteiger partial charge in [0, 0.05) is 12.4 Å². The topological polar surface area (TPSA) is 30.9 Å². The van der Waals surface area contributed by atoms with Crippen molar-refractivity contribution in [2.75, 3.05) is 5.84 Å². The molecule has 1 aromatic rings. The van der Waals surface area contributed by atoms with Gasteiger partial charge in [0.1, 0.15) is 0 Å². The summed E-state index contributed by atoms with van der Waals surface area (Å²) in [5, 5.41) is 0. The molecule has 0 unspecified atom stereocenters. The zero-order valence-electron chi connectivity index (χ0n) is 5.33. The average molecular weight is 90.1 g/mol. The second kappa shape index (κ2) is 2.79. The fraction of sp³-hybridized carbons (Fsp3) is 0. The van der Waals surface area contributed by atoms with Crippen LogP contribution in [0.4, 0.5) is 0 Å². The van der Waals surface area contributed by atoms with Crippen molar-refractivity contribution in [1.29, 1.82) is 0 Å². The summed E-state index contributed by atoms with van der Waals surface area (Å²) >= 11 is 0. The normalized spacial score (nSPS) is 7.43. The van der Waals surface area contributed by atoms with E-state index in [0.29, 0.717) is 0 Å². The average Bonchev–Trinajstić information content (AvgIpc) is 1.86. The molecule has 2 N–H and O–H groups in total. The van der Waals surface area contributed by atoms with Crippen molar-refractivity contribution in [3.8, 4) is 0 Å². The first-order valence-corrected chi connectivity index (χ1v) is 1.77. The SMILES string of the molecule is Nn1cccc1.[H-].[Li+]. The molecule has 0 saturated carbocycles. The van der Waals surface area contributed by atoms with E-state index in [0.717, 1.165) is 0 Å². The maximum atomic E-state index is 5.19. The van der Waals surface area contributed by atoms with Crippen molar-refractivity contribution in [3.63, 3.8) is 0 Å². The van der Waals surface area contributed by atoms with Crippen LogP contribution in [0.25, 0.3) is 0 Å². The summed E-state index contributed by atoms with van der Waals surface area (Å²) in [6.45, 7) is 0. The van der Waals surface area contributed by atoms with Gasteiger partial charge in [-0.1, -0.05) is 0 Å². The molecule has 0 aliphatic heterocycles. The molecular formula is C4H7LiN2. The number of rotatable bonds is 0. The second-order valence-corrected chi connectivity index (χ2v) is 1.13. The molecule has 7 heavy (non-hydrogen) atoms. The van der Waals surface area contributed by atoms with Gasteiger partial charge in [0.2, 0.25) is 0 Å². The van der Waals surface area contributed by atoms with E-state index in [1.807, 2.05) is 12.1 Å². The predicted octanol–water partition coefficient (Wildman–Crippen LogP) is -2.68. The molecule has 0 aliphatic carbocycles. The third-order valence-corrected chi connectivity index (χ3v) is 0.628. The summed E-state index contributed by atoms with van der Waals surface area (Å²) < 4.78 is 1.50. The Labute approximate surface area is 55.9 Å². The van der Waals surface area contributed by atoms with Crippen molar-refractivity contribution < 1.29 is 20.3 Å². The first-order chi connectivity index (χ1) is 2.89. The van der Waals surface area contributed by atoms with Crippen molar-refractivity contribution in [1.82, 2.24) is 4.68 Å². The van der Waals surface area contributed by atoms with Crippen LogP contribution in [0.3, 0.4) is 0 Å². The quantitative estimate of drug-likeness (QED) is 0.273.